The highest BCUT2D eigenvalue weighted by molar-refractivity contribution is 9.10. The van der Waals surface area contributed by atoms with E-state index in [1.165, 1.54) is 0 Å². The van der Waals surface area contributed by atoms with Gasteiger partial charge in [-0.1, -0.05) is 41.4 Å². The summed E-state index contributed by atoms with van der Waals surface area (Å²) < 4.78 is 6.61. The summed E-state index contributed by atoms with van der Waals surface area (Å²) in [6, 6.07) is 6.14. The summed E-state index contributed by atoms with van der Waals surface area (Å²) in [6.45, 7) is 6.58. The molecule has 4 heteroatoms. The Kier molecular flexibility index (Phi) is 7.12. The van der Waals surface area contributed by atoms with Crippen LogP contribution in [0.25, 0.3) is 0 Å². The highest BCUT2D eigenvalue weighted by atomic mass is 79.9. The molecule has 96 valence electrons. The molecule has 0 bridgehead atoms. The molecule has 1 aromatic rings. The van der Waals surface area contributed by atoms with Crippen LogP contribution in [-0.2, 0) is 4.74 Å². The number of rotatable bonds is 7. The van der Waals surface area contributed by atoms with Gasteiger partial charge in [-0.2, -0.15) is 0 Å². The lowest BCUT2D eigenvalue weighted by atomic mass is 10.1. The van der Waals surface area contributed by atoms with Crippen LogP contribution < -0.4 is 5.32 Å². The molecule has 1 unspecified atom stereocenters. The molecule has 0 aliphatic carbocycles. The molecule has 1 aromatic carbocycles. The van der Waals surface area contributed by atoms with Crippen LogP contribution in [-0.4, -0.2) is 19.8 Å². The molecule has 0 amide bonds. The largest absolute Gasteiger partial charge is 0.379 e. The molecule has 0 fully saturated rings. The number of ether oxygens (including phenoxy) is 1. The van der Waals surface area contributed by atoms with Gasteiger partial charge < -0.3 is 10.1 Å². The van der Waals surface area contributed by atoms with Crippen molar-refractivity contribution in [2.45, 2.75) is 26.3 Å². The summed E-state index contributed by atoms with van der Waals surface area (Å²) in [5.74, 6) is 0. The SMILES string of the molecule is CCCOCC(NCC)c1cc(Cl)cc(Br)c1. The van der Waals surface area contributed by atoms with Gasteiger partial charge in [0.1, 0.15) is 0 Å². The molecule has 0 saturated heterocycles. The van der Waals surface area contributed by atoms with E-state index >= 15 is 0 Å². The Balaban J connectivity index is 2.73. The molecule has 1 N–H and O–H groups in total. The summed E-state index contributed by atoms with van der Waals surface area (Å²) in [6.07, 6.45) is 1.04. The minimum absolute atomic E-state index is 0.196. The van der Waals surface area contributed by atoms with Crippen molar-refractivity contribution in [1.82, 2.24) is 5.32 Å². The Bertz CT molecular complexity index is 326. The number of benzene rings is 1. The van der Waals surface area contributed by atoms with Crippen molar-refractivity contribution in [3.8, 4) is 0 Å². The van der Waals surface area contributed by atoms with E-state index in [-0.39, 0.29) is 6.04 Å². The van der Waals surface area contributed by atoms with Crippen LogP contribution in [0.1, 0.15) is 31.9 Å². The van der Waals surface area contributed by atoms with Gasteiger partial charge in [0, 0.05) is 16.1 Å². The second-order valence-electron chi connectivity index (χ2n) is 3.89. The lowest BCUT2D eigenvalue weighted by Gasteiger charge is -2.19. The highest BCUT2D eigenvalue weighted by Gasteiger charge is 2.11. The van der Waals surface area contributed by atoms with E-state index in [1.807, 2.05) is 12.1 Å². The molecule has 17 heavy (non-hydrogen) atoms. The molecule has 0 heterocycles. The monoisotopic (exact) mass is 319 g/mol. The van der Waals surface area contributed by atoms with Crippen molar-refractivity contribution in [2.75, 3.05) is 19.8 Å². The summed E-state index contributed by atoms with van der Waals surface area (Å²) >= 11 is 9.52. The molecule has 2 nitrogen and oxygen atoms in total. The number of hydrogen-bond donors (Lipinski definition) is 1. The van der Waals surface area contributed by atoms with E-state index < -0.39 is 0 Å². The first-order valence-corrected chi connectivity index (χ1v) is 7.11. The van der Waals surface area contributed by atoms with Gasteiger partial charge in [-0.3, -0.25) is 0 Å². The van der Waals surface area contributed by atoms with Gasteiger partial charge in [-0.05, 0) is 36.7 Å². The summed E-state index contributed by atoms with van der Waals surface area (Å²) in [5.41, 5.74) is 1.15. The van der Waals surface area contributed by atoms with Gasteiger partial charge in [0.05, 0.1) is 12.6 Å². The second kappa shape index (κ2) is 8.09. The average molecular weight is 321 g/mol. The van der Waals surface area contributed by atoms with E-state index in [9.17, 15) is 0 Å². The first-order valence-electron chi connectivity index (χ1n) is 5.94. The van der Waals surface area contributed by atoms with Crippen molar-refractivity contribution in [3.63, 3.8) is 0 Å². The Morgan fingerprint density at radius 2 is 2.12 bits per heavy atom. The third-order valence-corrected chi connectivity index (χ3v) is 3.05. The summed E-state index contributed by atoms with van der Waals surface area (Å²) in [7, 11) is 0. The first kappa shape index (κ1) is 15.0. The topological polar surface area (TPSA) is 21.3 Å². The van der Waals surface area contributed by atoms with Gasteiger partial charge in [0.15, 0.2) is 0 Å². The van der Waals surface area contributed by atoms with E-state index in [0.717, 1.165) is 34.6 Å². The molecule has 1 rings (SSSR count). The fourth-order valence-corrected chi connectivity index (χ4v) is 2.53. The Morgan fingerprint density at radius 3 is 2.71 bits per heavy atom. The van der Waals surface area contributed by atoms with Gasteiger partial charge in [0.25, 0.3) is 0 Å². The minimum atomic E-state index is 0.196. The molecule has 0 radical (unpaired) electrons. The molecule has 1 atom stereocenters. The molecule has 0 aromatic heterocycles. The van der Waals surface area contributed by atoms with Crippen LogP contribution in [0.15, 0.2) is 22.7 Å². The third kappa shape index (κ3) is 5.38. The van der Waals surface area contributed by atoms with Gasteiger partial charge in [-0.25, -0.2) is 0 Å². The lowest BCUT2D eigenvalue weighted by Crippen LogP contribution is -2.25. The third-order valence-electron chi connectivity index (χ3n) is 2.37. The van der Waals surface area contributed by atoms with Crippen LogP contribution in [0, 0.1) is 0 Å². The summed E-state index contributed by atoms with van der Waals surface area (Å²) in [4.78, 5) is 0. The molecular weight excluding hydrogens is 302 g/mol. The maximum Gasteiger partial charge on any atom is 0.0661 e. The normalized spacial score (nSPS) is 12.7. The standard InChI is InChI=1S/C13H19BrClNO/c1-3-5-17-9-13(16-4-2)10-6-11(14)8-12(15)7-10/h6-8,13,16H,3-5,9H2,1-2H3. The smallest absolute Gasteiger partial charge is 0.0661 e. The quantitative estimate of drug-likeness (QED) is 0.761. The minimum Gasteiger partial charge on any atom is -0.379 e. The van der Waals surface area contributed by atoms with Gasteiger partial charge >= 0.3 is 0 Å². The zero-order chi connectivity index (χ0) is 12.7. The second-order valence-corrected chi connectivity index (χ2v) is 5.24. The molecule has 0 aliphatic rings. The number of hydrogen-bond acceptors (Lipinski definition) is 2. The van der Waals surface area contributed by atoms with Crippen molar-refractivity contribution < 1.29 is 4.74 Å². The van der Waals surface area contributed by atoms with Crippen molar-refractivity contribution in [1.29, 1.82) is 0 Å². The Morgan fingerprint density at radius 1 is 1.35 bits per heavy atom. The summed E-state index contributed by atoms with van der Waals surface area (Å²) in [5, 5.41) is 4.15. The van der Waals surface area contributed by atoms with E-state index in [1.54, 1.807) is 0 Å². The fourth-order valence-electron chi connectivity index (χ4n) is 1.64. The van der Waals surface area contributed by atoms with Crippen molar-refractivity contribution in [3.05, 3.63) is 33.3 Å². The van der Waals surface area contributed by atoms with E-state index in [2.05, 4.69) is 41.2 Å². The zero-order valence-electron chi connectivity index (χ0n) is 10.3. The fraction of sp³-hybridized carbons (Fsp3) is 0.538. The van der Waals surface area contributed by atoms with E-state index in [0.29, 0.717) is 6.61 Å². The number of halogens is 2. The van der Waals surface area contributed by atoms with Crippen LogP contribution in [0.5, 0.6) is 0 Å². The van der Waals surface area contributed by atoms with Crippen molar-refractivity contribution >= 4 is 27.5 Å². The van der Waals surface area contributed by atoms with E-state index in [4.69, 9.17) is 16.3 Å². The lowest BCUT2D eigenvalue weighted by molar-refractivity contribution is 0.112. The predicted octanol–water partition coefficient (Wildman–Crippen LogP) is 4.18. The first-order chi connectivity index (χ1) is 8.17. The number of nitrogens with one attached hydrogen (secondary N) is 1. The van der Waals surface area contributed by atoms with Crippen LogP contribution in [0.4, 0.5) is 0 Å². The van der Waals surface area contributed by atoms with Crippen LogP contribution >= 0.6 is 27.5 Å². The van der Waals surface area contributed by atoms with Gasteiger partial charge in [0.2, 0.25) is 0 Å². The number of likely N-dealkylation sites (N-methyl/N-ethyl adjacent to an activating group) is 1. The molecular formula is C13H19BrClNO. The van der Waals surface area contributed by atoms with Crippen LogP contribution in [0.2, 0.25) is 5.02 Å². The zero-order valence-corrected chi connectivity index (χ0v) is 12.6. The molecule has 0 spiro atoms. The van der Waals surface area contributed by atoms with Crippen molar-refractivity contribution in [2.24, 2.45) is 0 Å². The van der Waals surface area contributed by atoms with Crippen LogP contribution in [0.3, 0.4) is 0 Å². The maximum atomic E-state index is 6.06. The highest BCUT2D eigenvalue weighted by Crippen LogP contribution is 2.24. The van der Waals surface area contributed by atoms with Gasteiger partial charge in [-0.15, -0.1) is 0 Å². The maximum absolute atomic E-state index is 6.06. The molecule has 0 saturated carbocycles. The predicted molar refractivity (Wildman–Crippen MR) is 76.7 cm³/mol. The average Bonchev–Trinajstić information content (AvgIpc) is 2.27. The molecule has 0 aliphatic heterocycles. The Labute approximate surface area is 117 Å². The Hall–Kier alpha value is -0.0900.